The molecule has 96 valence electrons. The van der Waals surface area contributed by atoms with Gasteiger partial charge in [-0.25, -0.2) is 0 Å². The van der Waals surface area contributed by atoms with Crippen LogP contribution in [0.4, 0.5) is 0 Å². The molecule has 18 heavy (non-hydrogen) atoms. The van der Waals surface area contributed by atoms with E-state index in [1.807, 2.05) is 58.0 Å². The van der Waals surface area contributed by atoms with Gasteiger partial charge in [-0.15, -0.1) is 0 Å². The number of hydrogen-bond acceptors (Lipinski definition) is 1. The standard InChI is InChI=1S/C16H21NO/c1-6-7-13(5)17-16(18)14-9-8-12(4)15(10-14)11(2)3/h6-10,13H,2H2,1,3-5H3,(H,17,18)/b7-6+/t13-/m0/s1. The molecule has 0 aromatic heterocycles. The van der Waals surface area contributed by atoms with Crippen molar-refractivity contribution >= 4 is 11.5 Å². The molecule has 0 aliphatic carbocycles. The fraction of sp³-hybridized carbons (Fsp3) is 0.312. The van der Waals surface area contributed by atoms with Gasteiger partial charge in [0.05, 0.1) is 0 Å². The highest BCUT2D eigenvalue weighted by atomic mass is 16.1. The molecular formula is C16H21NO. The number of allylic oxidation sites excluding steroid dienone is 2. The number of carbonyl (C=O) groups excluding carboxylic acids is 1. The van der Waals surface area contributed by atoms with Crippen LogP contribution >= 0.6 is 0 Å². The minimum Gasteiger partial charge on any atom is -0.346 e. The molecule has 1 rings (SSSR count). The van der Waals surface area contributed by atoms with E-state index >= 15 is 0 Å². The molecule has 1 amide bonds. The predicted molar refractivity (Wildman–Crippen MR) is 77.6 cm³/mol. The van der Waals surface area contributed by atoms with E-state index in [0.29, 0.717) is 5.56 Å². The summed E-state index contributed by atoms with van der Waals surface area (Å²) in [6.07, 6.45) is 3.88. The second-order valence-electron chi connectivity index (χ2n) is 4.60. The van der Waals surface area contributed by atoms with Gasteiger partial charge in [-0.05, 0) is 51.0 Å². The van der Waals surface area contributed by atoms with Crippen LogP contribution in [-0.4, -0.2) is 11.9 Å². The van der Waals surface area contributed by atoms with Crippen LogP contribution in [0.1, 0.15) is 42.3 Å². The summed E-state index contributed by atoms with van der Waals surface area (Å²) in [6, 6.07) is 5.74. The largest absolute Gasteiger partial charge is 0.346 e. The summed E-state index contributed by atoms with van der Waals surface area (Å²) in [6.45, 7) is 11.8. The predicted octanol–water partition coefficient (Wildman–Crippen LogP) is 3.72. The molecule has 0 bridgehead atoms. The average molecular weight is 243 g/mol. The van der Waals surface area contributed by atoms with E-state index in [2.05, 4.69) is 11.9 Å². The summed E-state index contributed by atoms with van der Waals surface area (Å²) in [5.74, 6) is -0.0527. The molecule has 0 heterocycles. The Kier molecular flexibility index (Phi) is 4.90. The fourth-order valence-electron chi connectivity index (χ4n) is 1.85. The van der Waals surface area contributed by atoms with Crippen molar-refractivity contribution in [1.82, 2.24) is 5.32 Å². The first-order valence-corrected chi connectivity index (χ1v) is 6.16. The first-order valence-electron chi connectivity index (χ1n) is 6.16. The molecule has 0 saturated carbocycles. The lowest BCUT2D eigenvalue weighted by molar-refractivity contribution is 0.0947. The van der Waals surface area contributed by atoms with Gasteiger partial charge in [0.1, 0.15) is 0 Å². The minimum atomic E-state index is -0.0527. The van der Waals surface area contributed by atoms with Crippen LogP contribution in [0.2, 0.25) is 0 Å². The average Bonchev–Trinajstić information content (AvgIpc) is 2.29. The number of hydrogen-bond donors (Lipinski definition) is 1. The molecule has 0 aliphatic heterocycles. The lowest BCUT2D eigenvalue weighted by Gasteiger charge is -2.12. The second kappa shape index (κ2) is 6.20. The Labute approximate surface area is 109 Å². The van der Waals surface area contributed by atoms with E-state index in [4.69, 9.17) is 0 Å². The van der Waals surface area contributed by atoms with E-state index in [0.717, 1.165) is 16.7 Å². The molecule has 0 aliphatic rings. The molecule has 0 fully saturated rings. The molecule has 2 nitrogen and oxygen atoms in total. The summed E-state index contributed by atoms with van der Waals surface area (Å²) in [5.41, 5.74) is 3.83. The second-order valence-corrected chi connectivity index (χ2v) is 4.60. The van der Waals surface area contributed by atoms with Crippen LogP contribution in [0.15, 0.2) is 36.9 Å². The van der Waals surface area contributed by atoms with Crippen molar-refractivity contribution in [3.8, 4) is 0 Å². The monoisotopic (exact) mass is 243 g/mol. The van der Waals surface area contributed by atoms with E-state index in [9.17, 15) is 4.79 Å². The number of aryl methyl sites for hydroxylation is 1. The molecule has 1 aromatic rings. The highest BCUT2D eigenvalue weighted by Gasteiger charge is 2.09. The van der Waals surface area contributed by atoms with Gasteiger partial charge in [-0.2, -0.15) is 0 Å². The van der Waals surface area contributed by atoms with Gasteiger partial charge in [-0.3, -0.25) is 4.79 Å². The third-order valence-corrected chi connectivity index (χ3v) is 2.80. The van der Waals surface area contributed by atoms with Crippen LogP contribution in [0.5, 0.6) is 0 Å². The van der Waals surface area contributed by atoms with E-state index in [-0.39, 0.29) is 11.9 Å². The maximum atomic E-state index is 12.0. The lowest BCUT2D eigenvalue weighted by atomic mass is 9.99. The van der Waals surface area contributed by atoms with Gasteiger partial charge in [0.2, 0.25) is 0 Å². The molecule has 0 saturated heterocycles. The number of carbonyl (C=O) groups is 1. The van der Waals surface area contributed by atoms with Crippen molar-refractivity contribution in [2.24, 2.45) is 0 Å². The molecule has 1 N–H and O–H groups in total. The zero-order valence-electron chi connectivity index (χ0n) is 11.6. The number of benzene rings is 1. The van der Waals surface area contributed by atoms with Crippen molar-refractivity contribution in [2.75, 3.05) is 0 Å². The molecule has 0 spiro atoms. The van der Waals surface area contributed by atoms with Crippen LogP contribution in [-0.2, 0) is 0 Å². The summed E-state index contributed by atoms with van der Waals surface area (Å²) >= 11 is 0. The molecule has 2 heteroatoms. The quantitative estimate of drug-likeness (QED) is 0.802. The Morgan fingerprint density at radius 3 is 2.67 bits per heavy atom. The van der Waals surface area contributed by atoms with Crippen LogP contribution in [0.25, 0.3) is 5.57 Å². The fourth-order valence-corrected chi connectivity index (χ4v) is 1.85. The summed E-state index contributed by atoms with van der Waals surface area (Å²) < 4.78 is 0. The number of amides is 1. The Morgan fingerprint density at radius 2 is 2.11 bits per heavy atom. The summed E-state index contributed by atoms with van der Waals surface area (Å²) in [5, 5.41) is 2.93. The zero-order chi connectivity index (χ0) is 13.7. The molecular weight excluding hydrogens is 222 g/mol. The Balaban J connectivity index is 2.93. The third kappa shape index (κ3) is 3.59. The van der Waals surface area contributed by atoms with Gasteiger partial charge in [0.25, 0.3) is 5.91 Å². The van der Waals surface area contributed by atoms with Crippen molar-refractivity contribution in [3.05, 3.63) is 53.6 Å². The van der Waals surface area contributed by atoms with Crippen molar-refractivity contribution in [1.29, 1.82) is 0 Å². The number of nitrogens with one attached hydrogen (secondary N) is 1. The van der Waals surface area contributed by atoms with Gasteiger partial charge in [0.15, 0.2) is 0 Å². The zero-order valence-corrected chi connectivity index (χ0v) is 11.6. The van der Waals surface area contributed by atoms with Crippen LogP contribution in [0, 0.1) is 6.92 Å². The highest BCUT2D eigenvalue weighted by molar-refractivity contribution is 5.95. The first kappa shape index (κ1) is 14.2. The van der Waals surface area contributed by atoms with Crippen LogP contribution in [0.3, 0.4) is 0 Å². The molecule has 1 atom stereocenters. The SMILES string of the molecule is C=C(C)c1cc(C(=O)N[C@@H](C)/C=C/C)ccc1C. The third-order valence-electron chi connectivity index (χ3n) is 2.80. The molecule has 1 aromatic carbocycles. The number of rotatable bonds is 4. The Bertz CT molecular complexity index is 486. The van der Waals surface area contributed by atoms with Gasteiger partial charge < -0.3 is 5.32 Å². The van der Waals surface area contributed by atoms with Gasteiger partial charge >= 0.3 is 0 Å². The lowest BCUT2D eigenvalue weighted by Crippen LogP contribution is -2.31. The minimum absolute atomic E-state index is 0.0390. The Morgan fingerprint density at radius 1 is 1.44 bits per heavy atom. The Hall–Kier alpha value is -1.83. The summed E-state index contributed by atoms with van der Waals surface area (Å²) in [7, 11) is 0. The summed E-state index contributed by atoms with van der Waals surface area (Å²) in [4.78, 5) is 12.0. The first-order chi connectivity index (χ1) is 8.45. The maximum Gasteiger partial charge on any atom is 0.251 e. The van der Waals surface area contributed by atoms with Crippen LogP contribution < -0.4 is 5.32 Å². The van der Waals surface area contributed by atoms with Gasteiger partial charge in [-0.1, -0.05) is 30.4 Å². The van der Waals surface area contributed by atoms with E-state index in [1.54, 1.807) is 0 Å². The van der Waals surface area contributed by atoms with Crippen molar-refractivity contribution in [3.63, 3.8) is 0 Å². The smallest absolute Gasteiger partial charge is 0.251 e. The molecule has 0 unspecified atom stereocenters. The van der Waals surface area contributed by atoms with Gasteiger partial charge in [0, 0.05) is 11.6 Å². The normalized spacial score (nSPS) is 12.4. The van der Waals surface area contributed by atoms with Crippen molar-refractivity contribution in [2.45, 2.75) is 33.7 Å². The topological polar surface area (TPSA) is 29.1 Å². The van der Waals surface area contributed by atoms with E-state index in [1.165, 1.54) is 0 Å². The maximum absolute atomic E-state index is 12.0. The molecule has 0 radical (unpaired) electrons. The highest BCUT2D eigenvalue weighted by Crippen LogP contribution is 2.18. The van der Waals surface area contributed by atoms with E-state index < -0.39 is 0 Å². The van der Waals surface area contributed by atoms with Crippen molar-refractivity contribution < 1.29 is 4.79 Å².